The molecule has 2 aliphatic rings. The van der Waals surface area contributed by atoms with E-state index in [-0.39, 0.29) is 0 Å². The number of benzene rings is 1. The highest BCUT2D eigenvalue weighted by Crippen LogP contribution is 2.48. The molecule has 4 heterocycles. The number of para-hydroxylation sites is 1. The lowest BCUT2D eigenvalue weighted by Crippen LogP contribution is -2.27. The molecule has 12 heteroatoms. The van der Waals surface area contributed by atoms with E-state index in [2.05, 4.69) is 58.4 Å². The number of thiazole rings is 2. The lowest BCUT2D eigenvalue weighted by molar-refractivity contribution is 0.0520. The highest BCUT2D eigenvalue weighted by Gasteiger charge is 2.35. The summed E-state index contributed by atoms with van der Waals surface area (Å²) in [6, 6.07) is 9.51. The standard InChI is InChI=1S/C29H36N6O3S2Si/c1-5-38-27(36)21-17-39-28(30-21)34-14-8-9-20-24(19-12-13-19)25(32-33-26(20)34)31-29-35(18-37-15-16-41(2,3)4)22-10-6-7-11-23(22)40-29/h6-7,10-11,17,19H,5,8-9,12-16,18H2,1-4H3/b31-29-. The van der Waals surface area contributed by atoms with E-state index in [1.54, 1.807) is 23.6 Å². The van der Waals surface area contributed by atoms with Crippen LogP contribution in [0.25, 0.3) is 10.2 Å². The Labute approximate surface area is 248 Å². The third kappa shape index (κ3) is 6.15. The van der Waals surface area contributed by atoms with Gasteiger partial charge in [0.2, 0.25) is 0 Å². The molecule has 0 atom stereocenters. The van der Waals surface area contributed by atoms with Crippen molar-refractivity contribution in [1.82, 2.24) is 19.7 Å². The number of fused-ring (bicyclic) bond motifs is 2. The third-order valence-electron chi connectivity index (χ3n) is 7.34. The molecule has 1 aliphatic carbocycles. The van der Waals surface area contributed by atoms with Gasteiger partial charge in [-0.25, -0.2) is 9.78 Å². The molecular weight excluding hydrogens is 573 g/mol. The minimum Gasteiger partial charge on any atom is -0.461 e. The minimum absolute atomic E-state index is 0.325. The van der Waals surface area contributed by atoms with Crippen LogP contribution in [0.1, 0.15) is 53.7 Å². The first-order valence-corrected chi connectivity index (χ1v) is 19.7. The van der Waals surface area contributed by atoms with Crippen molar-refractivity contribution >= 4 is 63.7 Å². The van der Waals surface area contributed by atoms with Crippen molar-refractivity contribution in [3.05, 3.63) is 51.3 Å². The maximum atomic E-state index is 12.2. The Morgan fingerprint density at radius 2 is 2.02 bits per heavy atom. The number of ether oxygens (including phenoxy) is 2. The molecule has 0 bridgehead atoms. The first-order valence-electron chi connectivity index (χ1n) is 14.3. The van der Waals surface area contributed by atoms with E-state index < -0.39 is 14.0 Å². The second kappa shape index (κ2) is 11.7. The van der Waals surface area contributed by atoms with Crippen molar-refractivity contribution in [2.45, 2.75) is 70.9 Å². The van der Waals surface area contributed by atoms with Gasteiger partial charge >= 0.3 is 5.97 Å². The van der Waals surface area contributed by atoms with Crippen molar-refractivity contribution in [2.75, 3.05) is 24.7 Å². The molecular formula is C29H36N6O3S2Si. The number of nitrogens with zero attached hydrogens (tertiary/aromatic N) is 6. The fraction of sp³-hybridized carbons (Fsp3) is 0.483. The second-order valence-electron chi connectivity index (χ2n) is 11.7. The van der Waals surface area contributed by atoms with Gasteiger partial charge in [0, 0.05) is 37.7 Å². The Bertz CT molecular complexity index is 1640. The molecule has 0 spiro atoms. The molecule has 0 unspecified atom stereocenters. The zero-order chi connectivity index (χ0) is 28.6. The number of hydrogen-bond acceptors (Lipinski definition) is 10. The first kappa shape index (κ1) is 28.2. The highest BCUT2D eigenvalue weighted by atomic mass is 32.1. The Morgan fingerprint density at radius 3 is 2.80 bits per heavy atom. The number of aromatic nitrogens is 4. The van der Waals surface area contributed by atoms with Crippen LogP contribution in [0.4, 0.5) is 16.8 Å². The van der Waals surface area contributed by atoms with Crippen LogP contribution in [-0.4, -0.2) is 53.6 Å². The first-order chi connectivity index (χ1) is 19.8. The molecule has 4 aromatic rings. The van der Waals surface area contributed by atoms with Gasteiger partial charge in [-0.15, -0.1) is 21.5 Å². The highest BCUT2D eigenvalue weighted by molar-refractivity contribution is 7.16. The normalized spacial score (nSPS) is 15.9. The topological polar surface area (TPSA) is 94.7 Å². The monoisotopic (exact) mass is 608 g/mol. The SMILES string of the molecule is CCOC(=O)c1csc(N2CCCc3c2nnc(/N=c2\sc4ccccc4n2COCC[Si](C)(C)C)c3C2CC2)n1. The Kier molecular flexibility index (Phi) is 8.08. The van der Waals surface area contributed by atoms with Gasteiger partial charge in [-0.3, -0.25) is 4.57 Å². The predicted octanol–water partition coefficient (Wildman–Crippen LogP) is 6.63. The molecule has 3 aromatic heterocycles. The fourth-order valence-corrected chi connectivity index (χ4v) is 7.66. The van der Waals surface area contributed by atoms with Crippen LogP contribution < -0.4 is 9.70 Å². The number of rotatable bonds is 10. The Morgan fingerprint density at radius 1 is 1.20 bits per heavy atom. The van der Waals surface area contributed by atoms with Crippen LogP contribution >= 0.6 is 22.7 Å². The quantitative estimate of drug-likeness (QED) is 0.113. The summed E-state index contributed by atoms with van der Waals surface area (Å²) in [5.74, 6) is 1.59. The van der Waals surface area contributed by atoms with E-state index in [0.29, 0.717) is 30.8 Å². The largest absolute Gasteiger partial charge is 0.461 e. The van der Waals surface area contributed by atoms with Crippen LogP contribution in [0, 0.1) is 0 Å². The fourth-order valence-electron chi connectivity index (χ4n) is 5.06. The van der Waals surface area contributed by atoms with Gasteiger partial charge in [-0.1, -0.05) is 43.1 Å². The summed E-state index contributed by atoms with van der Waals surface area (Å²) in [7, 11) is -1.18. The van der Waals surface area contributed by atoms with Crippen LogP contribution in [0.15, 0.2) is 34.6 Å². The third-order valence-corrected chi connectivity index (χ3v) is 11.0. The van der Waals surface area contributed by atoms with Crippen LogP contribution in [-0.2, 0) is 22.6 Å². The number of carbonyl (C=O) groups excluding carboxylic acids is 1. The zero-order valence-electron chi connectivity index (χ0n) is 24.1. The summed E-state index contributed by atoms with van der Waals surface area (Å²) in [4.78, 5) is 25.0. The molecule has 0 amide bonds. The molecule has 9 nitrogen and oxygen atoms in total. The Hall–Kier alpha value is -2.93. The zero-order valence-corrected chi connectivity index (χ0v) is 26.7. The number of carbonyl (C=O) groups is 1. The van der Waals surface area contributed by atoms with Crippen LogP contribution in [0.3, 0.4) is 0 Å². The maximum absolute atomic E-state index is 12.2. The summed E-state index contributed by atoms with van der Waals surface area (Å²) < 4.78 is 14.7. The molecule has 41 heavy (non-hydrogen) atoms. The van der Waals surface area contributed by atoms with E-state index in [9.17, 15) is 4.79 Å². The molecule has 0 saturated heterocycles. The molecule has 1 fully saturated rings. The van der Waals surface area contributed by atoms with Crippen LogP contribution in [0.2, 0.25) is 25.7 Å². The summed E-state index contributed by atoms with van der Waals surface area (Å²) in [5.41, 5.74) is 3.88. The van der Waals surface area contributed by atoms with E-state index >= 15 is 0 Å². The molecule has 0 radical (unpaired) electrons. The number of anilines is 2. The second-order valence-corrected chi connectivity index (χ2v) is 19.2. The van der Waals surface area contributed by atoms with Crippen molar-refractivity contribution in [2.24, 2.45) is 4.99 Å². The van der Waals surface area contributed by atoms with Gasteiger partial charge in [0.1, 0.15) is 6.73 Å². The van der Waals surface area contributed by atoms with E-state index in [4.69, 9.17) is 24.7 Å². The Balaban J connectivity index is 1.37. The van der Waals surface area contributed by atoms with Gasteiger partial charge in [0.15, 0.2) is 27.3 Å². The van der Waals surface area contributed by atoms with Crippen molar-refractivity contribution in [3.63, 3.8) is 0 Å². The maximum Gasteiger partial charge on any atom is 0.357 e. The van der Waals surface area contributed by atoms with E-state index in [0.717, 1.165) is 66.1 Å². The van der Waals surface area contributed by atoms with Gasteiger partial charge in [0.05, 0.1) is 16.8 Å². The molecule has 6 rings (SSSR count). The molecule has 0 N–H and O–H groups in total. The summed E-state index contributed by atoms with van der Waals surface area (Å²) in [5, 5.41) is 11.9. The van der Waals surface area contributed by atoms with Crippen molar-refractivity contribution < 1.29 is 14.3 Å². The average molecular weight is 609 g/mol. The molecule has 1 saturated carbocycles. The van der Waals surface area contributed by atoms with E-state index in [1.807, 2.05) is 0 Å². The minimum atomic E-state index is -1.18. The smallest absolute Gasteiger partial charge is 0.357 e. The van der Waals surface area contributed by atoms with Gasteiger partial charge in [-0.2, -0.15) is 4.99 Å². The van der Waals surface area contributed by atoms with Crippen LogP contribution in [0.5, 0.6) is 0 Å². The average Bonchev–Trinajstić information content (AvgIpc) is 3.55. The van der Waals surface area contributed by atoms with E-state index in [1.165, 1.54) is 27.2 Å². The summed E-state index contributed by atoms with van der Waals surface area (Å²) in [6.45, 7) is 11.2. The summed E-state index contributed by atoms with van der Waals surface area (Å²) in [6.07, 6.45) is 4.17. The summed E-state index contributed by atoms with van der Waals surface area (Å²) >= 11 is 3.10. The lowest BCUT2D eigenvalue weighted by atomic mass is 9.97. The van der Waals surface area contributed by atoms with Gasteiger partial charge < -0.3 is 14.4 Å². The van der Waals surface area contributed by atoms with Gasteiger partial charge in [0.25, 0.3) is 0 Å². The predicted molar refractivity (Wildman–Crippen MR) is 167 cm³/mol. The van der Waals surface area contributed by atoms with Crippen molar-refractivity contribution in [1.29, 1.82) is 0 Å². The van der Waals surface area contributed by atoms with Gasteiger partial charge in [-0.05, 0) is 56.7 Å². The number of hydrogen-bond donors (Lipinski definition) is 0. The number of esters is 1. The molecule has 1 aliphatic heterocycles. The molecule has 1 aromatic carbocycles. The van der Waals surface area contributed by atoms with Crippen molar-refractivity contribution in [3.8, 4) is 0 Å². The molecule has 216 valence electrons. The lowest BCUT2D eigenvalue weighted by Gasteiger charge is -2.29.